The highest BCUT2D eigenvalue weighted by molar-refractivity contribution is 5.97. The molecule has 5 heteroatoms. The Kier molecular flexibility index (Phi) is 7.60. The zero-order valence-electron chi connectivity index (χ0n) is 17.4. The molecule has 156 valence electrons. The maximum absolute atomic E-state index is 13.1. The predicted octanol–water partition coefficient (Wildman–Crippen LogP) is 3.74. The van der Waals surface area contributed by atoms with Crippen LogP contribution in [0.4, 0.5) is 0 Å². The minimum atomic E-state index is -0.167. The molecule has 0 bridgehead atoms. The maximum atomic E-state index is 13.1. The van der Waals surface area contributed by atoms with Gasteiger partial charge in [0.25, 0.3) is 5.91 Å². The van der Waals surface area contributed by atoms with Crippen LogP contribution in [0.25, 0.3) is 0 Å². The molecule has 0 atom stereocenters. The topological polar surface area (TPSA) is 42.0 Å². The van der Waals surface area contributed by atoms with Crippen LogP contribution in [0.2, 0.25) is 0 Å². The predicted molar refractivity (Wildman–Crippen MR) is 115 cm³/mol. The van der Waals surface area contributed by atoms with Crippen molar-refractivity contribution in [1.29, 1.82) is 0 Å². The molecule has 0 unspecified atom stereocenters. The molecule has 5 nitrogen and oxygen atoms in total. The summed E-state index contributed by atoms with van der Waals surface area (Å²) in [5, 5.41) is 0. The Hall–Kier alpha value is -2.45. The molecule has 1 saturated carbocycles. The fourth-order valence-electron chi connectivity index (χ4n) is 4.37. The summed E-state index contributed by atoms with van der Waals surface area (Å²) >= 11 is 0. The van der Waals surface area contributed by atoms with E-state index in [1.807, 2.05) is 12.1 Å². The Morgan fingerprint density at radius 1 is 1.31 bits per heavy atom. The third kappa shape index (κ3) is 5.33. The maximum Gasteiger partial charge on any atom is 0.258 e. The lowest BCUT2D eigenvalue weighted by atomic mass is 10.0. The molecule has 2 fully saturated rings. The van der Waals surface area contributed by atoms with Crippen molar-refractivity contribution in [3.63, 3.8) is 0 Å². The number of methoxy groups -OCH3 is 1. The highest BCUT2D eigenvalue weighted by Crippen LogP contribution is 2.30. The summed E-state index contributed by atoms with van der Waals surface area (Å²) in [5.74, 6) is 3.60. The van der Waals surface area contributed by atoms with Gasteiger partial charge in [-0.15, -0.1) is 13.0 Å². The fraction of sp³-hybridized carbons (Fsp3) is 0.542. The first-order valence-electron chi connectivity index (χ1n) is 10.6. The molecule has 0 radical (unpaired) electrons. The van der Waals surface area contributed by atoms with Crippen molar-refractivity contribution >= 4 is 5.91 Å². The van der Waals surface area contributed by atoms with E-state index < -0.39 is 0 Å². The lowest BCUT2D eigenvalue weighted by molar-refractivity contribution is 0.0713. The van der Waals surface area contributed by atoms with Gasteiger partial charge in [-0.25, -0.2) is 0 Å². The largest absolute Gasteiger partial charge is 0.497 e. The zero-order valence-corrected chi connectivity index (χ0v) is 17.4. The number of benzene rings is 1. The van der Waals surface area contributed by atoms with Crippen LogP contribution in [0.15, 0.2) is 30.9 Å². The molecule has 0 spiro atoms. The molecule has 2 aliphatic rings. The minimum Gasteiger partial charge on any atom is -0.497 e. The summed E-state index contributed by atoms with van der Waals surface area (Å²) in [5.41, 5.74) is 0.486. The lowest BCUT2D eigenvalue weighted by Crippen LogP contribution is -2.43. The summed E-state index contributed by atoms with van der Waals surface area (Å²) in [4.78, 5) is 17.3. The van der Waals surface area contributed by atoms with Crippen LogP contribution in [0.1, 0.15) is 48.9 Å². The smallest absolute Gasteiger partial charge is 0.258 e. The van der Waals surface area contributed by atoms with E-state index in [-0.39, 0.29) is 18.6 Å². The number of amides is 1. The summed E-state index contributed by atoms with van der Waals surface area (Å²) in [6.07, 6.45) is 14.6. The second kappa shape index (κ2) is 10.4. The first-order valence-corrected chi connectivity index (χ1v) is 10.6. The average molecular weight is 397 g/mol. The Morgan fingerprint density at radius 3 is 2.66 bits per heavy atom. The number of ether oxygens (including phenoxy) is 2. The van der Waals surface area contributed by atoms with Crippen molar-refractivity contribution in [3.05, 3.63) is 36.4 Å². The molecule has 1 saturated heterocycles. The van der Waals surface area contributed by atoms with E-state index in [0.717, 1.165) is 32.0 Å². The first-order chi connectivity index (χ1) is 14.2. The van der Waals surface area contributed by atoms with Crippen molar-refractivity contribution in [3.8, 4) is 23.8 Å². The minimum absolute atomic E-state index is 0.119. The molecule has 0 aromatic heterocycles. The number of rotatable bonds is 8. The third-order valence-electron chi connectivity index (χ3n) is 5.95. The first kappa shape index (κ1) is 21.3. The number of hydrogen-bond donors (Lipinski definition) is 0. The molecule has 1 aliphatic heterocycles. The Bertz CT molecular complexity index is 741. The van der Waals surface area contributed by atoms with Gasteiger partial charge in [0.15, 0.2) is 0 Å². The van der Waals surface area contributed by atoms with Crippen LogP contribution >= 0.6 is 0 Å². The summed E-state index contributed by atoms with van der Waals surface area (Å²) in [7, 11) is 1.59. The van der Waals surface area contributed by atoms with E-state index in [4.69, 9.17) is 15.9 Å². The number of hydrogen-bond acceptors (Lipinski definition) is 4. The SMILES string of the molecule is C#CCN(CC=C)C(=O)c1cc(OC)ccc1OC1CCN(C2CCCC2)CC1. The standard InChI is InChI=1S/C24H32N2O3/c1-4-14-26(15-5-2)24(27)22-18-21(28-3)10-11-23(22)29-20-12-16-25(17-13-20)19-8-6-7-9-19/h1,5,10-11,18-20H,2,6-9,12-17H2,3H3. The summed E-state index contributed by atoms with van der Waals surface area (Å²) < 4.78 is 11.6. The third-order valence-corrected chi connectivity index (χ3v) is 5.95. The van der Waals surface area contributed by atoms with Gasteiger partial charge < -0.3 is 19.3 Å². The molecule has 0 N–H and O–H groups in total. The highest BCUT2D eigenvalue weighted by Gasteiger charge is 2.29. The van der Waals surface area contributed by atoms with E-state index in [1.165, 1.54) is 25.7 Å². The highest BCUT2D eigenvalue weighted by atomic mass is 16.5. The number of nitrogens with zero attached hydrogens (tertiary/aromatic N) is 2. The van der Waals surface area contributed by atoms with Gasteiger partial charge >= 0.3 is 0 Å². The van der Waals surface area contributed by atoms with Crippen LogP contribution in [0.5, 0.6) is 11.5 Å². The molecule has 3 rings (SSSR count). The second-order valence-electron chi connectivity index (χ2n) is 7.83. The van der Waals surface area contributed by atoms with Gasteiger partial charge in [0.1, 0.15) is 17.6 Å². The van der Waals surface area contributed by atoms with Crippen LogP contribution in [0.3, 0.4) is 0 Å². The van der Waals surface area contributed by atoms with Gasteiger partial charge in [-0.05, 0) is 43.9 Å². The number of carbonyl (C=O) groups excluding carboxylic acids is 1. The van der Waals surface area contributed by atoms with Crippen LogP contribution in [-0.4, -0.2) is 61.1 Å². The number of likely N-dealkylation sites (tertiary alicyclic amines) is 1. The molecule has 1 aliphatic carbocycles. The molecule has 1 aromatic rings. The van der Waals surface area contributed by atoms with E-state index in [9.17, 15) is 4.79 Å². The normalized spacial score (nSPS) is 18.2. The average Bonchev–Trinajstić information content (AvgIpc) is 3.29. The molecular formula is C24H32N2O3. The van der Waals surface area contributed by atoms with Gasteiger partial charge in [-0.3, -0.25) is 4.79 Å². The second-order valence-corrected chi connectivity index (χ2v) is 7.83. The van der Waals surface area contributed by atoms with Crippen molar-refractivity contribution < 1.29 is 14.3 Å². The molecule has 1 heterocycles. The molecule has 1 amide bonds. The number of terminal acetylenes is 1. The molecular weight excluding hydrogens is 364 g/mol. The van der Waals surface area contributed by atoms with Crippen LogP contribution in [0, 0.1) is 12.3 Å². The lowest BCUT2D eigenvalue weighted by Gasteiger charge is -2.36. The van der Waals surface area contributed by atoms with Crippen molar-refractivity contribution in [2.75, 3.05) is 33.3 Å². The van der Waals surface area contributed by atoms with Gasteiger partial charge in [0, 0.05) is 25.7 Å². The van der Waals surface area contributed by atoms with Crippen molar-refractivity contribution in [2.24, 2.45) is 0 Å². The summed E-state index contributed by atoms with van der Waals surface area (Å²) in [6.45, 7) is 6.46. The van der Waals surface area contributed by atoms with Crippen molar-refractivity contribution in [2.45, 2.75) is 50.7 Å². The Morgan fingerprint density at radius 2 is 2.03 bits per heavy atom. The Balaban J connectivity index is 1.71. The van der Waals surface area contributed by atoms with E-state index >= 15 is 0 Å². The zero-order chi connectivity index (χ0) is 20.6. The molecule has 1 aromatic carbocycles. The van der Waals surface area contributed by atoms with Gasteiger partial charge in [-0.1, -0.05) is 24.8 Å². The van der Waals surface area contributed by atoms with E-state index in [2.05, 4.69) is 17.4 Å². The molecule has 29 heavy (non-hydrogen) atoms. The van der Waals surface area contributed by atoms with Gasteiger partial charge in [-0.2, -0.15) is 0 Å². The number of carbonyl (C=O) groups is 1. The van der Waals surface area contributed by atoms with E-state index in [0.29, 0.717) is 23.6 Å². The fourth-order valence-corrected chi connectivity index (χ4v) is 4.37. The van der Waals surface area contributed by atoms with Gasteiger partial charge in [0.2, 0.25) is 0 Å². The van der Waals surface area contributed by atoms with Crippen LogP contribution < -0.4 is 9.47 Å². The van der Waals surface area contributed by atoms with Crippen LogP contribution in [-0.2, 0) is 0 Å². The van der Waals surface area contributed by atoms with Gasteiger partial charge in [0.05, 0.1) is 19.2 Å². The van der Waals surface area contributed by atoms with E-state index in [1.54, 1.807) is 24.2 Å². The van der Waals surface area contributed by atoms with Crippen molar-refractivity contribution in [1.82, 2.24) is 9.80 Å². The number of piperidine rings is 1. The quantitative estimate of drug-likeness (QED) is 0.496. The summed E-state index contributed by atoms with van der Waals surface area (Å²) in [6, 6.07) is 6.15. The Labute approximate surface area is 174 Å². The monoisotopic (exact) mass is 396 g/mol.